The number of nitrogens with zero attached hydrogens (tertiary/aromatic N) is 2. The molecule has 0 amide bonds. The van der Waals surface area contributed by atoms with Crippen LogP contribution in [0.25, 0.3) is 16.8 Å². The van der Waals surface area contributed by atoms with E-state index in [4.69, 9.17) is 16.3 Å². The van der Waals surface area contributed by atoms with Crippen molar-refractivity contribution < 1.29 is 9.53 Å². The van der Waals surface area contributed by atoms with Gasteiger partial charge in [-0.1, -0.05) is 44.5 Å². The number of carbonyl (C=O) groups excluding carboxylic acids is 1. The quantitative estimate of drug-likeness (QED) is 0.262. The van der Waals surface area contributed by atoms with Gasteiger partial charge in [-0.3, -0.25) is 0 Å². The fraction of sp³-hybridized carbons (Fsp3) is 0.370. The molecule has 1 unspecified atom stereocenters. The van der Waals surface area contributed by atoms with Gasteiger partial charge in [-0.15, -0.1) is 22.7 Å². The SMILES string of the molecule is CCOC(=O)c1c(N/C=C(\C#N)c2nc(-c3ccc(Cl)cc3)cs2)sc2c1CCC(C(C)(C)C)C2. The molecule has 5 nitrogen and oxygen atoms in total. The number of allylic oxidation sites excluding steroid dienone is 1. The number of esters is 1. The predicted molar refractivity (Wildman–Crippen MR) is 145 cm³/mol. The maximum Gasteiger partial charge on any atom is 0.341 e. The number of hydrogen-bond donors (Lipinski definition) is 1. The molecule has 1 aromatic carbocycles. The van der Waals surface area contributed by atoms with Crippen molar-refractivity contribution in [2.45, 2.75) is 47.0 Å². The molecule has 0 spiro atoms. The Balaban J connectivity index is 1.63. The summed E-state index contributed by atoms with van der Waals surface area (Å²) in [7, 11) is 0. The number of rotatable bonds is 6. The highest BCUT2D eigenvalue weighted by Crippen LogP contribution is 2.44. The van der Waals surface area contributed by atoms with Crippen molar-refractivity contribution in [3.8, 4) is 17.3 Å². The van der Waals surface area contributed by atoms with Crippen LogP contribution < -0.4 is 5.32 Å². The maximum absolute atomic E-state index is 12.9. The van der Waals surface area contributed by atoms with Crippen LogP contribution in [0.5, 0.6) is 0 Å². The van der Waals surface area contributed by atoms with Crippen molar-refractivity contribution >= 4 is 50.8 Å². The second-order valence-corrected chi connectivity index (χ2v) is 12.0. The topological polar surface area (TPSA) is 75.0 Å². The Labute approximate surface area is 219 Å². The van der Waals surface area contributed by atoms with Crippen LogP contribution >= 0.6 is 34.3 Å². The van der Waals surface area contributed by atoms with E-state index in [0.29, 0.717) is 33.7 Å². The number of nitrogens with one attached hydrogen (secondary N) is 1. The van der Waals surface area contributed by atoms with Crippen LogP contribution in [0.2, 0.25) is 5.02 Å². The summed E-state index contributed by atoms with van der Waals surface area (Å²) in [6.07, 6.45) is 4.50. The van der Waals surface area contributed by atoms with Crippen LogP contribution in [0, 0.1) is 22.7 Å². The molecular weight excluding hydrogens is 498 g/mol. The molecule has 35 heavy (non-hydrogen) atoms. The zero-order chi connectivity index (χ0) is 25.2. The van der Waals surface area contributed by atoms with E-state index in [1.807, 2.05) is 36.6 Å². The molecule has 182 valence electrons. The highest BCUT2D eigenvalue weighted by atomic mass is 35.5. The minimum Gasteiger partial charge on any atom is -0.462 e. The summed E-state index contributed by atoms with van der Waals surface area (Å²) in [4.78, 5) is 18.8. The van der Waals surface area contributed by atoms with Gasteiger partial charge in [0.05, 0.1) is 17.9 Å². The summed E-state index contributed by atoms with van der Waals surface area (Å²) in [5, 5.41) is 17.0. The molecule has 0 radical (unpaired) electrons. The van der Waals surface area contributed by atoms with E-state index >= 15 is 0 Å². The molecule has 1 atom stereocenters. The van der Waals surface area contributed by atoms with Crippen LogP contribution in [-0.4, -0.2) is 17.6 Å². The molecule has 0 fully saturated rings. The summed E-state index contributed by atoms with van der Waals surface area (Å²) < 4.78 is 5.39. The lowest BCUT2D eigenvalue weighted by Gasteiger charge is -2.33. The van der Waals surface area contributed by atoms with Gasteiger partial charge in [-0.25, -0.2) is 9.78 Å². The number of aromatic nitrogens is 1. The average molecular weight is 526 g/mol. The molecule has 2 aromatic heterocycles. The van der Waals surface area contributed by atoms with Crippen molar-refractivity contribution in [1.29, 1.82) is 5.26 Å². The number of carbonyl (C=O) groups is 1. The number of hydrogen-bond acceptors (Lipinski definition) is 7. The number of fused-ring (bicyclic) bond motifs is 1. The zero-order valence-corrected chi connectivity index (χ0v) is 22.7. The van der Waals surface area contributed by atoms with Crippen LogP contribution in [-0.2, 0) is 17.6 Å². The highest BCUT2D eigenvalue weighted by molar-refractivity contribution is 7.16. The number of benzene rings is 1. The van der Waals surface area contributed by atoms with Gasteiger partial charge >= 0.3 is 5.97 Å². The number of halogens is 1. The number of thiophene rings is 1. The molecule has 1 aliphatic carbocycles. The second kappa shape index (κ2) is 10.5. The molecule has 1 aliphatic rings. The Morgan fingerprint density at radius 3 is 2.74 bits per heavy atom. The molecule has 1 N–H and O–H groups in total. The minimum absolute atomic E-state index is 0.208. The fourth-order valence-corrected chi connectivity index (χ4v) is 6.48. The average Bonchev–Trinajstić information content (AvgIpc) is 3.44. The normalized spacial score (nSPS) is 15.9. The van der Waals surface area contributed by atoms with Crippen LogP contribution in [0.1, 0.15) is 59.9 Å². The summed E-state index contributed by atoms with van der Waals surface area (Å²) >= 11 is 8.98. The smallest absolute Gasteiger partial charge is 0.341 e. The van der Waals surface area contributed by atoms with Crippen LogP contribution in [0.3, 0.4) is 0 Å². The lowest BCUT2D eigenvalue weighted by atomic mass is 9.72. The first kappa shape index (κ1) is 25.4. The fourth-order valence-electron chi connectivity index (χ4n) is 4.28. The largest absolute Gasteiger partial charge is 0.462 e. The Morgan fingerprint density at radius 2 is 2.09 bits per heavy atom. The first-order valence-electron chi connectivity index (χ1n) is 11.6. The number of ether oxygens (including phenoxy) is 1. The third-order valence-corrected chi connectivity index (χ3v) is 8.63. The van der Waals surface area contributed by atoms with E-state index in [-0.39, 0.29) is 11.4 Å². The van der Waals surface area contributed by atoms with E-state index in [9.17, 15) is 10.1 Å². The number of nitriles is 1. The van der Waals surface area contributed by atoms with Gasteiger partial charge in [0.25, 0.3) is 0 Å². The van der Waals surface area contributed by atoms with E-state index < -0.39 is 0 Å². The van der Waals surface area contributed by atoms with E-state index in [1.54, 1.807) is 17.5 Å². The van der Waals surface area contributed by atoms with Gasteiger partial charge in [0.1, 0.15) is 21.7 Å². The minimum atomic E-state index is -0.312. The van der Waals surface area contributed by atoms with Gasteiger partial charge in [-0.05, 0) is 55.2 Å². The molecular formula is C27H28ClN3O2S2. The lowest BCUT2D eigenvalue weighted by Crippen LogP contribution is -2.26. The highest BCUT2D eigenvalue weighted by Gasteiger charge is 2.34. The Morgan fingerprint density at radius 1 is 1.34 bits per heavy atom. The van der Waals surface area contributed by atoms with Crippen molar-refractivity contribution in [3.05, 3.63) is 61.9 Å². The molecule has 8 heteroatoms. The van der Waals surface area contributed by atoms with Crippen molar-refractivity contribution in [2.24, 2.45) is 11.3 Å². The Bertz CT molecular complexity index is 1290. The first-order chi connectivity index (χ1) is 16.7. The summed E-state index contributed by atoms with van der Waals surface area (Å²) in [6.45, 7) is 8.95. The van der Waals surface area contributed by atoms with E-state index in [1.165, 1.54) is 16.2 Å². The van der Waals surface area contributed by atoms with Gasteiger partial charge in [0, 0.05) is 27.0 Å². The summed E-state index contributed by atoms with van der Waals surface area (Å²) in [5.41, 5.74) is 4.03. The van der Waals surface area contributed by atoms with E-state index in [0.717, 1.165) is 41.1 Å². The van der Waals surface area contributed by atoms with E-state index in [2.05, 4.69) is 37.1 Å². The summed E-state index contributed by atoms with van der Waals surface area (Å²) in [6, 6.07) is 9.68. The lowest BCUT2D eigenvalue weighted by molar-refractivity contribution is 0.0526. The van der Waals surface area contributed by atoms with Crippen LogP contribution in [0.15, 0.2) is 35.8 Å². The second-order valence-electron chi connectivity index (χ2n) is 9.59. The molecule has 3 aromatic rings. The van der Waals surface area contributed by atoms with Crippen molar-refractivity contribution in [1.82, 2.24) is 4.98 Å². The Hall–Kier alpha value is -2.66. The number of thiazole rings is 1. The van der Waals surface area contributed by atoms with Crippen molar-refractivity contribution in [2.75, 3.05) is 11.9 Å². The molecule has 4 rings (SSSR count). The zero-order valence-electron chi connectivity index (χ0n) is 20.3. The van der Waals surface area contributed by atoms with Gasteiger partial charge in [0.2, 0.25) is 0 Å². The molecule has 2 heterocycles. The van der Waals surface area contributed by atoms with Gasteiger partial charge < -0.3 is 10.1 Å². The third-order valence-electron chi connectivity index (χ3n) is 6.31. The molecule has 0 bridgehead atoms. The number of anilines is 1. The maximum atomic E-state index is 12.9. The molecule has 0 saturated heterocycles. The molecule has 0 aliphatic heterocycles. The van der Waals surface area contributed by atoms with Gasteiger partial charge in [0.15, 0.2) is 0 Å². The monoisotopic (exact) mass is 525 g/mol. The van der Waals surface area contributed by atoms with Crippen LogP contribution in [0.4, 0.5) is 5.00 Å². The Kier molecular flexibility index (Phi) is 7.65. The third kappa shape index (κ3) is 5.61. The first-order valence-corrected chi connectivity index (χ1v) is 13.7. The molecule has 0 saturated carbocycles. The standard InChI is InChI=1S/C27H28ClN3O2S2/c1-5-33-26(32)23-20-11-8-18(27(2,3)4)12-22(20)35-25(23)30-14-17(13-29)24-31-21(15-34-24)16-6-9-19(28)10-7-16/h6-7,9-10,14-15,18,30H,5,8,11-12H2,1-4H3/b17-14+. The summed E-state index contributed by atoms with van der Waals surface area (Å²) in [5.74, 6) is 0.247. The van der Waals surface area contributed by atoms with Gasteiger partial charge in [-0.2, -0.15) is 5.26 Å². The van der Waals surface area contributed by atoms with Crippen molar-refractivity contribution in [3.63, 3.8) is 0 Å². The predicted octanol–water partition coefficient (Wildman–Crippen LogP) is 7.83.